The number of esters is 3. The van der Waals surface area contributed by atoms with E-state index in [0.717, 1.165) is 89.9 Å². The topological polar surface area (TPSA) is 78.9 Å². The van der Waals surface area contributed by atoms with Crippen molar-refractivity contribution in [2.45, 2.75) is 386 Å². The summed E-state index contributed by atoms with van der Waals surface area (Å²) in [7, 11) is 0. The first-order chi connectivity index (χ1) is 40.0. The quantitative estimate of drug-likeness (QED) is 0.0261. The standard InChI is InChI=1S/C75H136O6/c1-4-7-10-13-15-17-19-21-23-25-27-29-31-33-35-36-37-38-40-41-43-45-47-49-51-53-55-57-59-62-65-68-74(77)80-71-72(70-79-73(76)67-64-61-12-9-6-3)81-75(78)69-66-63-60-58-56-54-52-50-48-46-44-42-39-34-32-30-28-26-24-22-20-18-16-14-11-8-5-2/h7,10,15,17,21,23,26-29,72H,4-6,8-9,11-14,16,18-20,22,24-25,30-71H2,1-3H3/b10-7-,17-15-,23-21-,28-26-,29-27-. The van der Waals surface area contributed by atoms with Crippen LogP contribution in [0.3, 0.4) is 0 Å². The Morgan fingerprint density at radius 3 is 0.765 bits per heavy atom. The van der Waals surface area contributed by atoms with E-state index in [1.54, 1.807) is 0 Å². The Morgan fingerprint density at radius 1 is 0.259 bits per heavy atom. The molecule has 0 N–H and O–H groups in total. The van der Waals surface area contributed by atoms with Crippen LogP contribution in [0.25, 0.3) is 0 Å². The van der Waals surface area contributed by atoms with Crippen molar-refractivity contribution in [3.8, 4) is 0 Å². The summed E-state index contributed by atoms with van der Waals surface area (Å²) in [6.07, 6.45) is 90.3. The normalized spacial score (nSPS) is 12.4. The molecular formula is C75H136O6. The lowest BCUT2D eigenvalue weighted by Gasteiger charge is -2.18. The summed E-state index contributed by atoms with van der Waals surface area (Å²) < 4.78 is 16.8. The van der Waals surface area contributed by atoms with Crippen molar-refractivity contribution in [3.05, 3.63) is 60.8 Å². The summed E-state index contributed by atoms with van der Waals surface area (Å²) in [4.78, 5) is 38.0. The maximum Gasteiger partial charge on any atom is 0.306 e. The minimum absolute atomic E-state index is 0.0689. The number of rotatable bonds is 66. The third-order valence-corrected chi connectivity index (χ3v) is 16.0. The first kappa shape index (κ1) is 78.1. The molecule has 0 aromatic rings. The molecule has 0 spiro atoms. The molecule has 1 atom stereocenters. The zero-order valence-electron chi connectivity index (χ0n) is 54.3. The van der Waals surface area contributed by atoms with E-state index in [9.17, 15) is 14.4 Å². The van der Waals surface area contributed by atoms with Crippen molar-refractivity contribution in [1.29, 1.82) is 0 Å². The van der Waals surface area contributed by atoms with Gasteiger partial charge in [0.25, 0.3) is 0 Å². The molecule has 0 aromatic heterocycles. The van der Waals surface area contributed by atoms with Crippen LogP contribution in [0.4, 0.5) is 0 Å². The van der Waals surface area contributed by atoms with Crippen LogP contribution in [-0.4, -0.2) is 37.2 Å². The van der Waals surface area contributed by atoms with E-state index in [2.05, 4.69) is 81.5 Å². The van der Waals surface area contributed by atoms with E-state index in [4.69, 9.17) is 14.2 Å². The molecule has 472 valence electrons. The second-order valence-electron chi connectivity index (χ2n) is 24.1. The van der Waals surface area contributed by atoms with Crippen LogP contribution in [0.5, 0.6) is 0 Å². The smallest absolute Gasteiger partial charge is 0.306 e. The van der Waals surface area contributed by atoms with Crippen LogP contribution in [0.2, 0.25) is 0 Å². The van der Waals surface area contributed by atoms with Gasteiger partial charge in [-0.1, -0.05) is 338 Å². The Labute approximate surface area is 504 Å². The summed E-state index contributed by atoms with van der Waals surface area (Å²) in [6.45, 7) is 6.50. The average Bonchev–Trinajstić information content (AvgIpc) is 3.47. The molecule has 0 radical (unpaired) electrons. The van der Waals surface area contributed by atoms with Crippen LogP contribution < -0.4 is 0 Å². The molecule has 0 saturated carbocycles. The lowest BCUT2D eigenvalue weighted by Crippen LogP contribution is -2.30. The van der Waals surface area contributed by atoms with E-state index in [1.165, 1.54) is 250 Å². The van der Waals surface area contributed by atoms with E-state index in [0.29, 0.717) is 19.3 Å². The number of carbonyl (C=O) groups is 3. The molecule has 0 amide bonds. The second-order valence-corrected chi connectivity index (χ2v) is 24.1. The summed E-state index contributed by atoms with van der Waals surface area (Å²) in [5.41, 5.74) is 0. The Hall–Kier alpha value is -2.89. The molecule has 81 heavy (non-hydrogen) atoms. The molecule has 6 heteroatoms. The Morgan fingerprint density at radius 2 is 0.481 bits per heavy atom. The predicted octanol–water partition coefficient (Wildman–Crippen LogP) is 24.7. The van der Waals surface area contributed by atoms with Gasteiger partial charge >= 0.3 is 17.9 Å². The van der Waals surface area contributed by atoms with Crippen molar-refractivity contribution >= 4 is 17.9 Å². The summed E-state index contributed by atoms with van der Waals surface area (Å²) in [5.74, 6) is -0.860. The lowest BCUT2D eigenvalue weighted by atomic mass is 10.0. The molecule has 0 aliphatic carbocycles. The monoisotopic (exact) mass is 1130 g/mol. The van der Waals surface area contributed by atoms with Crippen LogP contribution in [0.1, 0.15) is 380 Å². The van der Waals surface area contributed by atoms with Crippen LogP contribution in [0.15, 0.2) is 60.8 Å². The maximum absolute atomic E-state index is 12.9. The third-order valence-electron chi connectivity index (χ3n) is 16.0. The van der Waals surface area contributed by atoms with Gasteiger partial charge in [0.15, 0.2) is 6.10 Å². The largest absolute Gasteiger partial charge is 0.462 e. The molecule has 0 fully saturated rings. The fourth-order valence-corrected chi connectivity index (χ4v) is 10.7. The highest BCUT2D eigenvalue weighted by molar-refractivity contribution is 5.71. The van der Waals surface area contributed by atoms with Crippen molar-refractivity contribution in [2.75, 3.05) is 13.2 Å². The van der Waals surface area contributed by atoms with Gasteiger partial charge < -0.3 is 14.2 Å². The Balaban J connectivity index is 3.92. The number of carbonyl (C=O) groups excluding carboxylic acids is 3. The van der Waals surface area contributed by atoms with Gasteiger partial charge in [-0.15, -0.1) is 0 Å². The van der Waals surface area contributed by atoms with Gasteiger partial charge in [-0.2, -0.15) is 0 Å². The SMILES string of the molecule is CC/C=C\C/C=C\C/C=C\C/C=C\CCCCCCCCCCCCCCCCCCCCC(=O)OCC(COC(=O)CCCCCCC)OC(=O)CCCCCCCCCCCCCCCCC/C=C\CCCCCCCCCC. The number of hydrogen-bond donors (Lipinski definition) is 0. The van der Waals surface area contributed by atoms with E-state index in [1.807, 2.05) is 0 Å². The van der Waals surface area contributed by atoms with Crippen molar-refractivity contribution in [2.24, 2.45) is 0 Å². The predicted molar refractivity (Wildman–Crippen MR) is 353 cm³/mol. The van der Waals surface area contributed by atoms with Gasteiger partial charge in [-0.05, 0) is 83.5 Å². The number of unbranched alkanes of at least 4 members (excludes halogenated alkanes) is 45. The maximum atomic E-state index is 12.9. The van der Waals surface area contributed by atoms with Crippen molar-refractivity contribution < 1.29 is 28.6 Å². The van der Waals surface area contributed by atoms with Gasteiger partial charge in [0.2, 0.25) is 0 Å². The fourth-order valence-electron chi connectivity index (χ4n) is 10.7. The summed E-state index contributed by atoms with van der Waals surface area (Å²) >= 11 is 0. The second kappa shape index (κ2) is 69.6. The highest BCUT2D eigenvalue weighted by Gasteiger charge is 2.19. The lowest BCUT2D eigenvalue weighted by molar-refractivity contribution is -0.167. The van der Waals surface area contributed by atoms with E-state index < -0.39 is 6.10 Å². The number of allylic oxidation sites excluding steroid dienone is 10. The van der Waals surface area contributed by atoms with Crippen LogP contribution in [0, 0.1) is 0 Å². The third kappa shape index (κ3) is 67.8. The molecule has 0 heterocycles. The molecule has 1 unspecified atom stereocenters. The highest BCUT2D eigenvalue weighted by Crippen LogP contribution is 2.18. The van der Waals surface area contributed by atoms with Gasteiger partial charge in [0, 0.05) is 19.3 Å². The molecule has 0 rings (SSSR count). The molecule has 0 bridgehead atoms. The number of hydrogen-bond acceptors (Lipinski definition) is 6. The van der Waals surface area contributed by atoms with Gasteiger partial charge in [-0.3, -0.25) is 14.4 Å². The fraction of sp³-hybridized carbons (Fsp3) is 0.827. The van der Waals surface area contributed by atoms with Gasteiger partial charge in [0.05, 0.1) is 0 Å². The minimum Gasteiger partial charge on any atom is -0.462 e. The first-order valence-corrected chi connectivity index (χ1v) is 35.8. The average molecular weight is 1130 g/mol. The van der Waals surface area contributed by atoms with Gasteiger partial charge in [-0.25, -0.2) is 0 Å². The highest BCUT2D eigenvalue weighted by atomic mass is 16.6. The Bertz CT molecular complexity index is 1440. The van der Waals surface area contributed by atoms with Crippen molar-refractivity contribution in [1.82, 2.24) is 0 Å². The van der Waals surface area contributed by atoms with Crippen LogP contribution >= 0.6 is 0 Å². The van der Waals surface area contributed by atoms with Crippen LogP contribution in [-0.2, 0) is 28.6 Å². The first-order valence-electron chi connectivity index (χ1n) is 35.8. The summed E-state index contributed by atoms with van der Waals surface area (Å²) in [6, 6.07) is 0. The van der Waals surface area contributed by atoms with E-state index in [-0.39, 0.29) is 31.1 Å². The molecule has 0 aromatic carbocycles. The van der Waals surface area contributed by atoms with Gasteiger partial charge in [0.1, 0.15) is 13.2 Å². The van der Waals surface area contributed by atoms with E-state index >= 15 is 0 Å². The molecule has 6 nitrogen and oxygen atoms in total. The molecule has 0 aliphatic rings. The Kier molecular flexibility index (Phi) is 67.1. The minimum atomic E-state index is -0.768. The van der Waals surface area contributed by atoms with Crippen molar-refractivity contribution in [3.63, 3.8) is 0 Å². The zero-order chi connectivity index (χ0) is 58.5. The zero-order valence-corrected chi connectivity index (χ0v) is 54.3. The summed E-state index contributed by atoms with van der Waals surface area (Å²) in [5, 5.41) is 0. The number of ether oxygens (including phenoxy) is 3. The molecule has 0 aliphatic heterocycles. The molecular weight excluding hydrogens is 997 g/mol. The molecule has 0 saturated heterocycles.